The molecule has 1 aliphatic rings. The molecule has 1 atom stereocenters. The number of carbonyl (C=O) groups excluding carboxylic acids is 2. The Bertz CT molecular complexity index is 1050. The van der Waals surface area contributed by atoms with E-state index >= 15 is 0 Å². The molecule has 1 fully saturated rings. The van der Waals surface area contributed by atoms with Crippen LogP contribution in [0.25, 0.3) is 5.65 Å². The molecule has 0 saturated carbocycles. The maximum Gasteiger partial charge on any atom is 0.225 e. The molecule has 0 aliphatic carbocycles. The zero-order chi connectivity index (χ0) is 21.8. The Hall–Kier alpha value is -3.19. The van der Waals surface area contributed by atoms with Gasteiger partial charge < -0.3 is 14.6 Å². The van der Waals surface area contributed by atoms with Gasteiger partial charge in [0.1, 0.15) is 5.65 Å². The second kappa shape index (κ2) is 9.31. The van der Waals surface area contributed by atoms with Crippen molar-refractivity contribution < 1.29 is 9.59 Å². The molecule has 1 aromatic carbocycles. The lowest BCUT2D eigenvalue weighted by atomic mass is 10.0. The highest BCUT2D eigenvalue weighted by atomic mass is 16.2. The number of aryl methyl sites for hydroxylation is 1. The van der Waals surface area contributed by atoms with E-state index < -0.39 is 0 Å². The minimum Gasteiger partial charge on any atom is -0.349 e. The summed E-state index contributed by atoms with van der Waals surface area (Å²) in [5.74, 6) is -0.0527. The average Bonchev–Trinajstić information content (AvgIpc) is 3.09. The van der Waals surface area contributed by atoms with Crippen molar-refractivity contribution in [1.29, 1.82) is 0 Å². The van der Waals surface area contributed by atoms with Crippen LogP contribution in [0.5, 0.6) is 0 Å². The first-order chi connectivity index (χ1) is 15.0. The summed E-state index contributed by atoms with van der Waals surface area (Å²) in [5.41, 5.74) is 4.16. The Morgan fingerprint density at radius 1 is 1.03 bits per heavy atom. The molecule has 2 amide bonds. The van der Waals surface area contributed by atoms with Crippen molar-refractivity contribution >= 4 is 17.5 Å². The SMILES string of the molecule is CC(=O)N[C@@H](CC(=O)N1CCN(Cc2c(C)nc3ccccn23)CC1)c1ccccc1. The third kappa shape index (κ3) is 4.94. The van der Waals surface area contributed by atoms with E-state index in [0.717, 1.165) is 36.5 Å². The number of rotatable bonds is 6. The molecule has 2 aromatic heterocycles. The molecule has 7 heteroatoms. The Morgan fingerprint density at radius 3 is 2.45 bits per heavy atom. The molecule has 7 nitrogen and oxygen atoms in total. The molecule has 0 bridgehead atoms. The van der Waals surface area contributed by atoms with Gasteiger partial charge in [0.25, 0.3) is 0 Å². The smallest absolute Gasteiger partial charge is 0.225 e. The second-order valence-electron chi connectivity index (χ2n) is 8.10. The highest BCUT2D eigenvalue weighted by Gasteiger charge is 2.25. The van der Waals surface area contributed by atoms with Crippen LogP contribution in [0.2, 0.25) is 0 Å². The Kier molecular flexibility index (Phi) is 6.32. The molecule has 1 N–H and O–H groups in total. The summed E-state index contributed by atoms with van der Waals surface area (Å²) in [6.45, 7) is 7.38. The number of fused-ring (bicyclic) bond motifs is 1. The number of benzene rings is 1. The zero-order valence-electron chi connectivity index (χ0n) is 18.1. The van der Waals surface area contributed by atoms with Crippen molar-refractivity contribution in [1.82, 2.24) is 24.5 Å². The number of imidazole rings is 1. The number of nitrogens with zero attached hydrogens (tertiary/aromatic N) is 4. The lowest BCUT2D eigenvalue weighted by molar-refractivity contribution is -0.133. The van der Waals surface area contributed by atoms with Gasteiger partial charge in [-0.1, -0.05) is 36.4 Å². The predicted octanol–water partition coefficient (Wildman–Crippen LogP) is 2.55. The maximum absolute atomic E-state index is 13.0. The van der Waals surface area contributed by atoms with Crippen LogP contribution in [0.3, 0.4) is 0 Å². The van der Waals surface area contributed by atoms with E-state index in [1.807, 2.05) is 60.4 Å². The lowest BCUT2D eigenvalue weighted by Gasteiger charge is -2.35. The summed E-state index contributed by atoms with van der Waals surface area (Å²) < 4.78 is 2.14. The van der Waals surface area contributed by atoms with Gasteiger partial charge in [-0.2, -0.15) is 0 Å². The molecular formula is C24H29N5O2. The number of nitrogens with one attached hydrogen (secondary N) is 1. The van der Waals surface area contributed by atoms with Crippen LogP contribution in [-0.4, -0.2) is 57.2 Å². The van der Waals surface area contributed by atoms with E-state index in [1.165, 1.54) is 12.6 Å². The van der Waals surface area contributed by atoms with Gasteiger partial charge >= 0.3 is 0 Å². The molecule has 31 heavy (non-hydrogen) atoms. The van der Waals surface area contributed by atoms with Gasteiger partial charge in [-0.25, -0.2) is 4.98 Å². The highest BCUT2D eigenvalue weighted by Crippen LogP contribution is 2.20. The number of hydrogen-bond donors (Lipinski definition) is 1. The van der Waals surface area contributed by atoms with Crippen LogP contribution in [-0.2, 0) is 16.1 Å². The van der Waals surface area contributed by atoms with Crippen LogP contribution in [0, 0.1) is 6.92 Å². The molecule has 3 aromatic rings. The number of carbonyl (C=O) groups is 2. The second-order valence-corrected chi connectivity index (χ2v) is 8.10. The van der Waals surface area contributed by atoms with E-state index in [9.17, 15) is 9.59 Å². The predicted molar refractivity (Wildman–Crippen MR) is 119 cm³/mol. The van der Waals surface area contributed by atoms with Crippen LogP contribution in [0.1, 0.15) is 36.3 Å². The van der Waals surface area contributed by atoms with Gasteiger partial charge in [0.05, 0.1) is 23.9 Å². The van der Waals surface area contributed by atoms with E-state index in [4.69, 9.17) is 0 Å². The van der Waals surface area contributed by atoms with Crippen molar-refractivity contribution in [3.8, 4) is 0 Å². The van der Waals surface area contributed by atoms with E-state index in [1.54, 1.807) is 0 Å². The average molecular weight is 420 g/mol. The molecule has 0 unspecified atom stereocenters. The summed E-state index contributed by atoms with van der Waals surface area (Å²) >= 11 is 0. The lowest BCUT2D eigenvalue weighted by Crippen LogP contribution is -2.49. The van der Waals surface area contributed by atoms with Gasteiger partial charge in [0, 0.05) is 45.8 Å². The first-order valence-corrected chi connectivity index (χ1v) is 10.8. The van der Waals surface area contributed by atoms with E-state index in [2.05, 4.69) is 25.8 Å². The Balaban J connectivity index is 1.36. The molecule has 0 radical (unpaired) electrons. The fourth-order valence-electron chi connectivity index (χ4n) is 4.21. The summed E-state index contributed by atoms with van der Waals surface area (Å²) in [5, 5.41) is 2.92. The minimum absolute atomic E-state index is 0.0771. The van der Waals surface area contributed by atoms with Gasteiger partial charge in [0.2, 0.25) is 11.8 Å². The van der Waals surface area contributed by atoms with Crippen LogP contribution in [0.4, 0.5) is 0 Å². The van der Waals surface area contributed by atoms with Crippen molar-refractivity contribution in [2.24, 2.45) is 0 Å². The van der Waals surface area contributed by atoms with E-state index in [-0.39, 0.29) is 24.3 Å². The molecular weight excluding hydrogens is 390 g/mol. The van der Waals surface area contributed by atoms with Gasteiger partial charge in [0.15, 0.2) is 0 Å². The number of amides is 2. The van der Waals surface area contributed by atoms with Gasteiger partial charge in [-0.15, -0.1) is 0 Å². The monoisotopic (exact) mass is 419 g/mol. The zero-order valence-corrected chi connectivity index (χ0v) is 18.1. The van der Waals surface area contributed by atoms with Crippen LogP contribution >= 0.6 is 0 Å². The normalized spacial score (nSPS) is 15.7. The van der Waals surface area contributed by atoms with Gasteiger partial charge in [-0.3, -0.25) is 14.5 Å². The topological polar surface area (TPSA) is 70.0 Å². The first kappa shape index (κ1) is 21.1. The molecule has 1 aliphatic heterocycles. The third-order valence-corrected chi connectivity index (χ3v) is 5.89. The highest BCUT2D eigenvalue weighted by molar-refractivity contribution is 5.79. The van der Waals surface area contributed by atoms with Crippen molar-refractivity contribution in [2.75, 3.05) is 26.2 Å². The van der Waals surface area contributed by atoms with Crippen LogP contribution in [0.15, 0.2) is 54.7 Å². The summed E-state index contributed by atoms with van der Waals surface area (Å²) in [4.78, 5) is 33.5. The molecule has 162 valence electrons. The number of hydrogen-bond acceptors (Lipinski definition) is 4. The first-order valence-electron chi connectivity index (χ1n) is 10.8. The van der Waals surface area contributed by atoms with Crippen LogP contribution < -0.4 is 5.32 Å². The Morgan fingerprint density at radius 2 is 1.74 bits per heavy atom. The molecule has 1 saturated heterocycles. The third-order valence-electron chi connectivity index (χ3n) is 5.89. The minimum atomic E-state index is -0.301. The summed E-state index contributed by atoms with van der Waals surface area (Å²) in [6, 6.07) is 15.4. The number of aromatic nitrogens is 2. The number of piperazine rings is 1. The fourth-order valence-corrected chi connectivity index (χ4v) is 4.21. The molecule has 0 spiro atoms. The molecule has 4 rings (SSSR count). The van der Waals surface area contributed by atoms with Gasteiger partial charge in [-0.05, 0) is 24.6 Å². The Labute approximate surface area is 182 Å². The van der Waals surface area contributed by atoms with Crippen molar-refractivity contribution in [2.45, 2.75) is 32.9 Å². The van der Waals surface area contributed by atoms with Crippen molar-refractivity contribution in [3.05, 3.63) is 71.7 Å². The largest absolute Gasteiger partial charge is 0.349 e. The van der Waals surface area contributed by atoms with Crippen molar-refractivity contribution in [3.63, 3.8) is 0 Å². The standard InChI is InChI=1S/C24H29N5O2/c1-18-22(29-11-7-6-10-23(29)25-18)17-27-12-14-28(15-13-27)24(31)16-21(26-19(2)30)20-8-4-3-5-9-20/h3-11,21H,12-17H2,1-2H3,(H,26,30)/t21-/m0/s1. The fraction of sp³-hybridized carbons (Fsp3) is 0.375. The molecule has 3 heterocycles. The summed E-state index contributed by atoms with van der Waals surface area (Å²) in [7, 11) is 0. The quantitative estimate of drug-likeness (QED) is 0.667. The number of pyridine rings is 1. The maximum atomic E-state index is 13.0. The van der Waals surface area contributed by atoms with E-state index in [0.29, 0.717) is 13.1 Å². The summed E-state index contributed by atoms with van der Waals surface area (Å²) in [6.07, 6.45) is 2.33.